The molecule has 0 heterocycles. The van der Waals surface area contributed by atoms with Gasteiger partial charge in [-0.3, -0.25) is 15.8 Å². The SMILES string of the molecule is C=CCOO.OO. The lowest BCUT2D eigenvalue weighted by Gasteiger charge is -1.76. The van der Waals surface area contributed by atoms with Gasteiger partial charge in [0, 0.05) is 0 Å². The van der Waals surface area contributed by atoms with Gasteiger partial charge in [-0.1, -0.05) is 6.08 Å². The molecule has 3 N–H and O–H groups in total. The van der Waals surface area contributed by atoms with E-state index in [0.29, 0.717) is 0 Å². The molecule has 0 aromatic heterocycles. The molecule has 0 aliphatic rings. The van der Waals surface area contributed by atoms with Gasteiger partial charge in [-0.15, -0.1) is 6.58 Å². The van der Waals surface area contributed by atoms with Crippen LogP contribution in [0.15, 0.2) is 12.7 Å². The maximum absolute atomic E-state index is 7.50. The van der Waals surface area contributed by atoms with Gasteiger partial charge in [0.2, 0.25) is 0 Å². The highest BCUT2D eigenvalue weighted by Crippen LogP contribution is 1.60. The maximum Gasteiger partial charge on any atom is 0.0998 e. The van der Waals surface area contributed by atoms with Crippen LogP contribution in [0.25, 0.3) is 0 Å². The highest BCUT2D eigenvalue weighted by Gasteiger charge is 1.60. The first-order chi connectivity index (χ1) is 3.41. The molecule has 0 aliphatic heterocycles. The van der Waals surface area contributed by atoms with E-state index in [1.165, 1.54) is 6.08 Å². The Hall–Kier alpha value is -0.420. The molecule has 0 spiro atoms. The number of hydrogen-bond acceptors (Lipinski definition) is 4. The van der Waals surface area contributed by atoms with E-state index in [2.05, 4.69) is 11.5 Å². The van der Waals surface area contributed by atoms with Crippen LogP contribution in [0.1, 0.15) is 0 Å². The van der Waals surface area contributed by atoms with Crippen LogP contribution in [0.4, 0.5) is 0 Å². The second kappa shape index (κ2) is 17.6. The summed E-state index contributed by atoms with van der Waals surface area (Å²) >= 11 is 0. The van der Waals surface area contributed by atoms with Crippen molar-refractivity contribution in [2.75, 3.05) is 6.61 Å². The lowest BCUT2D eigenvalue weighted by molar-refractivity contribution is -0.231. The molecule has 4 nitrogen and oxygen atoms in total. The first-order valence-electron chi connectivity index (χ1n) is 1.49. The topological polar surface area (TPSA) is 69.9 Å². The molecule has 0 atom stereocenters. The molecule has 0 aromatic carbocycles. The van der Waals surface area contributed by atoms with Crippen LogP contribution >= 0.6 is 0 Å². The number of rotatable bonds is 2. The summed E-state index contributed by atoms with van der Waals surface area (Å²) in [7, 11) is 0. The lowest BCUT2D eigenvalue weighted by atomic mass is 10.7. The molecule has 0 saturated carbocycles. The minimum absolute atomic E-state index is 0.208. The zero-order chi connectivity index (χ0) is 6.12. The summed E-state index contributed by atoms with van der Waals surface area (Å²) in [6.07, 6.45) is 1.46. The van der Waals surface area contributed by atoms with Crippen molar-refractivity contribution >= 4 is 0 Å². The normalized spacial score (nSPS) is 6.14. The van der Waals surface area contributed by atoms with Crippen molar-refractivity contribution in [1.82, 2.24) is 0 Å². The van der Waals surface area contributed by atoms with E-state index in [1.54, 1.807) is 0 Å². The van der Waals surface area contributed by atoms with Crippen molar-refractivity contribution in [3.63, 3.8) is 0 Å². The third-order valence-electron chi connectivity index (χ3n) is 0.192. The van der Waals surface area contributed by atoms with Gasteiger partial charge in [0.25, 0.3) is 0 Å². The maximum atomic E-state index is 7.50. The summed E-state index contributed by atoms with van der Waals surface area (Å²) in [5.41, 5.74) is 0. The van der Waals surface area contributed by atoms with Gasteiger partial charge in [-0.2, -0.15) is 0 Å². The Kier molecular flexibility index (Phi) is 24.5. The first kappa shape index (κ1) is 9.77. The van der Waals surface area contributed by atoms with Crippen LogP contribution in [0, 0.1) is 0 Å². The Bertz CT molecular complexity index is 28.1. The minimum atomic E-state index is 0.208. The van der Waals surface area contributed by atoms with Crippen molar-refractivity contribution < 1.29 is 20.7 Å². The molecule has 0 aromatic rings. The zero-order valence-corrected chi connectivity index (χ0v) is 3.74. The van der Waals surface area contributed by atoms with Crippen LogP contribution in [0.5, 0.6) is 0 Å². The Morgan fingerprint density at radius 3 is 2.00 bits per heavy atom. The van der Waals surface area contributed by atoms with E-state index in [4.69, 9.17) is 15.8 Å². The summed E-state index contributed by atoms with van der Waals surface area (Å²) in [6, 6.07) is 0. The van der Waals surface area contributed by atoms with Crippen LogP contribution in [0.3, 0.4) is 0 Å². The minimum Gasteiger partial charge on any atom is -0.255 e. The molecule has 0 fully saturated rings. The fraction of sp³-hybridized carbons (Fsp3) is 0.333. The molecule has 0 aliphatic carbocycles. The van der Waals surface area contributed by atoms with Crippen molar-refractivity contribution in [3.05, 3.63) is 12.7 Å². The van der Waals surface area contributed by atoms with Gasteiger partial charge in [-0.05, 0) is 0 Å². The standard InChI is InChI=1S/C3H6O2.H2O2/c1-2-3-5-4;1-2/h2,4H,1,3H2;1-2H. The van der Waals surface area contributed by atoms with E-state index < -0.39 is 0 Å². The molecule has 0 bridgehead atoms. The molecule has 44 valence electrons. The molecule has 0 unspecified atom stereocenters. The zero-order valence-electron chi connectivity index (χ0n) is 3.74. The lowest BCUT2D eigenvalue weighted by Crippen LogP contribution is -1.77. The predicted molar refractivity (Wildman–Crippen MR) is 24.0 cm³/mol. The summed E-state index contributed by atoms with van der Waals surface area (Å²) in [5, 5.41) is 19.5. The summed E-state index contributed by atoms with van der Waals surface area (Å²) in [6.45, 7) is 3.47. The Morgan fingerprint density at radius 2 is 2.00 bits per heavy atom. The molecule has 7 heavy (non-hydrogen) atoms. The van der Waals surface area contributed by atoms with Gasteiger partial charge >= 0.3 is 0 Å². The van der Waals surface area contributed by atoms with Crippen LogP contribution < -0.4 is 0 Å². The fourth-order valence-corrected chi connectivity index (χ4v) is 0.0527. The monoisotopic (exact) mass is 108 g/mol. The Balaban J connectivity index is 0. The van der Waals surface area contributed by atoms with E-state index in [-0.39, 0.29) is 6.61 Å². The van der Waals surface area contributed by atoms with Gasteiger partial charge in [0.05, 0.1) is 6.61 Å². The average Bonchev–Trinajstić information content (AvgIpc) is 1.75. The van der Waals surface area contributed by atoms with E-state index in [1.807, 2.05) is 0 Å². The fourth-order valence-electron chi connectivity index (χ4n) is 0.0527. The van der Waals surface area contributed by atoms with Crippen molar-refractivity contribution in [2.24, 2.45) is 0 Å². The third-order valence-corrected chi connectivity index (χ3v) is 0.192. The van der Waals surface area contributed by atoms with Crippen molar-refractivity contribution in [3.8, 4) is 0 Å². The second-order valence-corrected chi connectivity index (χ2v) is 0.584. The number of hydrogen-bond donors (Lipinski definition) is 3. The molecular weight excluding hydrogens is 100 g/mol. The van der Waals surface area contributed by atoms with Crippen LogP contribution in [0.2, 0.25) is 0 Å². The average molecular weight is 108 g/mol. The highest BCUT2D eigenvalue weighted by molar-refractivity contribution is 4.61. The summed E-state index contributed by atoms with van der Waals surface area (Å²) in [5.74, 6) is 0. The van der Waals surface area contributed by atoms with Gasteiger partial charge < -0.3 is 0 Å². The predicted octanol–water partition coefficient (Wildman–Crippen LogP) is 0.679. The third kappa shape index (κ3) is 28.6. The molecule has 0 rings (SSSR count). The Morgan fingerprint density at radius 1 is 1.57 bits per heavy atom. The van der Waals surface area contributed by atoms with Crippen molar-refractivity contribution in [1.29, 1.82) is 0 Å². The largest absolute Gasteiger partial charge is 0.255 e. The van der Waals surface area contributed by atoms with Crippen molar-refractivity contribution in [2.45, 2.75) is 0 Å². The molecule has 4 heteroatoms. The second-order valence-electron chi connectivity index (χ2n) is 0.584. The first-order valence-corrected chi connectivity index (χ1v) is 1.49. The smallest absolute Gasteiger partial charge is 0.0998 e. The van der Waals surface area contributed by atoms with Crippen LogP contribution in [-0.4, -0.2) is 22.4 Å². The Labute approximate surface area is 41.1 Å². The quantitative estimate of drug-likeness (QED) is 0.276. The van der Waals surface area contributed by atoms with E-state index >= 15 is 0 Å². The summed E-state index contributed by atoms with van der Waals surface area (Å²) < 4.78 is 0. The highest BCUT2D eigenvalue weighted by atomic mass is 17.1. The van der Waals surface area contributed by atoms with Gasteiger partial charge in [0.1, 0.15) is 0 Å². The molecule has 0 amide bonds. The van der Waals surface area contributed by atoms with E-state index in [0.717, 1.165) is 0 Å². The van der Waals surface area contributed by atoms with E-state index in [9.17, 15) is 0 Å². The molecule has 0 radical (unpaired) electrons. The summed E-state index contributed by atoms with van der Waals surface area (Å²) in [4.78, 5) is 3.57. The molecule has 0 saturated heterocycles. The van der Waals surface area contributed by atoms with Crippen LogP contribution in [-0.2, 0) is 4.89 Å². The molecular formula is C3H8O4. The van der Waals surface area contributed by atoms with Gasteiger partial charge in [-0.25, -0.2) is 4.89 Å². The van der Waals surface area contributed by atoms with Gasteiger partial charge in [0.15, 0.2) is 0 Å².